The molecular weight excluding hydrogens is 301 g/mol. The van der Waals surface area contributed by atoms with Crippen molar-refractivity contribution in [2.75, 3.05) is 0 Å². The van der Waals surface area contributed by atoms with Gasteiger partial charge in [0.15, 0.2) is 0 Å². The summed E-state index contributed by atoms with van der Waals surface area (Å²) in [5, 5.41) is 0. The van der Waals surface area contributed by atoms with Crippen molar-refractivity contribution in [2.24, 2.45) is 0 Å². The highest BCUT2D eigenvalue weighted by atomic mass is 32.5. The molecule has 1 aromatic carbocycles. The van der Waals surface area contributed by atoms with Gasteiger partial charge >= 0.3 is 29.7 Å². The minimum absolute atomic E-state index is 0.0818. The van der Waals surface area contributed by atoms with Gasteiger partial charge in [-0.05, 0) is 34.3 Å². The number of benzene rings is 1. The zero-order valence-corrected chi connectivity index (χ0v) is 12.7. The summed E-state index contributed by atoms with van der Waals surface area (Å²) in [6, 6.07) is 3.37. The lowest BCUT2D eigenvalue weighted by Gasteiger charge is -2.08. The lowest BCUT2D eigenvalue weighted by molar-refractivity contribution is 0.0776. The van der Waals surface area contributed by atoms with Crippen molar-refractivity contribution >= 4 is 29.7 Å². The summed E-state index contributed by atoms with van der Waals surface area (Å²) in [7, 11) is 0. The van der Waals surface area contributed by atoms with E-state index in [2.05, 4.69) is 0 Å². The second kappa shape index (κ2) is 5.35. The van der Waals surface area contributed by atoms with E-state index >= 15 is 0 Å². The quantitative estimate of drug-likeness (QED) is 0.335. The Kier molecular flexibility index (Phi) is 4.09. The smallest absolute Gasteiger partial charge is 0.288 e. The number of fused-ring (bicyclic) bond motifs is 1. The van der Waals surface area contributed by atoms with Gasteiger partial charge in [0.25, 0.3) is 0 Å². The summed E-state index contributed by atoms with van der Waals surface area (Å²) in [6.45, 7) is -0.458. The third-order valence-corrected chi connectivity index (χ3v) is 5.01. The van der Waals surface area contributed by atoms with E-state index in [-0.39, 0.29) is 16.7 Å². The van der Waals surface area contributed by atoms with Gasteiger partial charge in [-0.1, -0.05) is 19.9 Å². The summed E-state index contributed by atoms with van der Waals surface area (Å²) >= 11 is 0.0818. The molecule has 6 nitrogen and oxygen atoms in total. The molecule has 0 fully saturated rings. The van der Waals surface area contributed by atoms with Crippen LogP contribution >= 0.6 is 6.72 Å². The van der Waals surface area contributed by atoms with E-state index in [9.17, 15) is 9.59 Å². The maximum atomic E-state index is 12.3. The van der Waals surface area contributed by atoms with E-state index in [1.807, 2.05) is 13.8 Å². The van der Waals surface area contributed by atoms with Crippen LogP contribution in [0.4, 0.5) is 0 Å². The molecule has 0 saturated carbocycles. The molecule has 0 atom stereocenters. The first-order chi connectivity index (χ1) is 9.30. The van der Waals surface area contributed by atoms with Crippen LogP contribution in [0.5, 0.6) is 0 Å². The number of carbonyl (C=O) groups excluding carboxylic acids is 2. The molecule has 1 aliphatic rings. The standard InChI is InChI=1S/C12H15NO5PS/c1-3-7-5-6-9-10(8(7)4-2)12(15)13(11(9)14)20-19(16,17)18/h5-6,16-18H,3-4H2,1-2H3/q+1. The lowest BCUT2D eigenvalue weighted by atomic mass is 9.94. The molecule has 2 amide bonds. The van der Waals surface area contributed by atoms with Gasteiger partial charge in [0, 0.05) is 0 Å². The van der Waals surface area contributed by atoms with Crippen LogP contribution in [0.1, 0.15) is 45.7 Å². The molecule has 0 unspecified atom stereocenters. The molecule has 20 heavy (non-hydrogen) atoms. The van der Waals surface area contributed by atoms with Crippen LogP contribution in [0.15, 0.2) is 12.1 Å². The Morgan fingerprint density at radius 1 is 1.10 bits per heavy atom. The van der Waals surface area contributed by atoms with Crippen LogP contribution in [0.3, 0.4) is 0 Å². The number of carbonyl (C=O) groups is 2. The Labute approximate surface area is 120 Å². The summed E-state index contributed by atoms with van der Waals surface area (Å²) < 4.78 is 0.622. The molecule has 0 saturated heterocycles. The van der Waals surface area contributed by atoms with E-state index in [4.69, 9.17) is 14.7 Å². The van der Waals surface area contributed by atoms with Gasteiger partial charge in [0.1, 0.15) is 0 Å². The average molecular weight is 316 g/mol. The number of rotatable bonds is 3. The number of imide groups is 1. The molecule has 1 heterocycles. The van der Waals surface area contributed by atoms with E-state index in [0.717, 1.165) is 17.5 Å². The molecule has 1 aromatic rings. The first-order valence-electron chi connectivity index (χ1n) is 6.10. The van der Waals surface area contributed by atoms with Crippen molar-refractivity contribution in [3.8, 4) is 0 Å². The zero-order chi connectivity index (χ0) is 15.1. The number of amides is 2. The fourth-order valence-electron chi connectivity index (χ4n) is 2.34. The van der Waals surface area contributed by atoms with Crippen molar-refractivity contribution in [1.29, 1.82) is 0 Å². The van der Waals surface area contributed by atoms with E-state index in [1.54, 1.807) is 12.1 Å². The average Bonchev–Trinajstić information content (AvgIpc) is 2.61. The van der Waals surface area contributed by atoms with Gasteiger partial charge in [-0.3, -0.25) is 24.3 Å². The van der Waals surface area contributed by atoms with Crippen LogP contribution < -0.4 is 0 Å². The molecule has 0 aliphatic carbocycles. The molecule has 0 bridgehead atoms. The van der Waals surface area contributed by atoms with Crippen LogP contribution in [-0.4, -0.2) is 30.8 Å². The Morgan fingerprint density at radius 3 is 2.25 bits per heavy atom. The fourth-order valence-corrected chi connectivity index (χ4v) is 3.99. The largest absolute Gasteiger partial charge is 0.549 e. The topological polar surface area (TPSA) is 98.1 Å². The Morgan fingerprint density at radius 2 is 1.75 bits per heavy atom. The summed E-state index contributed by atoms with van der Waals surface area (Å²) in [6.07, 6.45) is 1.34. The first kappa shape index (κ1) is 15.3. The number of aryl methyl sites for hydroxylation is 1. The van der Waals surface area contributed by atoms with Gasteiger partial charge in [-0.25, -0.2) is 0 Å². The molecule has 8 heteroatoms. The maximum absolute atomic E-state index is 12.3. The highest BCUT2D eigenvalue weighted by Crippen LogP contribution is 2.36. The van der Waals surface area contributed by atoms with Crippen LogP contribution in [0.2, 0.25) is 0 Å². The van der Waals surface area contributed by atoms with Crippen molar-refractivity contribution in [3.63, 3.8) is 0 Å². The minimum atomic E-state index is -4.31. The summed E-state index contributed by atoms with van der Waals surface area (Å²) in [4.78, 5) is 51.6. The Hall–Kier alpha value is -1.11. The van der Waals surface area contributed by atoms with Crippen LogP contribution in [0.25, 0.3) is 0 Å². The van der Waals surface area contributed by atoms with E-state index < -0.39 is 18.5 Å². The van der Waals surface area contributed by atoms with Crippen molar-refractivity contribution in [1.82, 2.24) is 4.31 Å². The lowest BCUT2D eigenvalue weighted by Crippen LogP contribution is -2.25. The predicted molar refractivity (Wildman–Crippen MR) is 76.6 cm³/mol. The van der Waals surface area contributed by atoms with Gasteiger partial charge < -0.3 is 0 Å². The molecule has 0 aromatic heterocycles. The van der Waals surface area contributed by atoms with Crippen molar-refractivity contribution in [2.45, 2.75) is 26.7 Å². The third-order valence-electron chi connectivity index (χ3n) is 3.15. The van der Waals surface area contributed by atoms with Gasteiger partial charge in [-0.15, -0.1) is 0 Å². The number of nitrogens with zero attached hydrogens (tertiary/aromatic N) is 1. The first-order valence-corrected chi connectivity index (χ1v) is 9.13. The molecule has 0 spiro atoms. The molecule has 3 N–H and O–H groups in total. The zero-order valence-electron chi connectivity index (χ0n) is 11.0. The third kappa shape index (κ3) is 2.55. The van der Waals surface area contributed by atoms with Crippen LogP contribution in [-0.2, 0) is 24.0 Å². The Bertz CT molecular complexity index is 643. The molecule has 2 rings (SSSR count). The monoisotopic (exact) mass is 316 g/mol. The Balaban J connectivity index is 2.63. The van der Waals surface area contributed by atoms with Crippen molar-refractivity contribution < 1.29 is 24.3 Å². The minimum Gasteiger partial charge on any atom is -0.288 e. The summed E-state index contributed by atoms with van der Waals surface area (Å²) in [5.74, 6) is -1.24. The second-order valence-corrected chi connectivity index (χ2v) is 7.85. The predicted octanol–water partition coefficient (Wildman–Crippen LogP) is 1.06. The fraction of sp³-hybridized carbons (Fsp3) is 0.333. The normalized spacial score (nSPS) is 14.8. The summed E-state index contributed by atoms with van der Waals surface area (Å²) in [5.41, 5.74) is 2.32. The van der Waals surface area contributed by atoms with Gasteiger partial charge in [0.05, 0.1) is 11.1 Å². The van der Waals surface area contributed by atoms with E-state index in [1.165, 1.54) is 0 Å². The number of hydrogen-bond donors (Lipinski definition) is 3. The molecule has 0 radical (unpaired) electrons. The number of hydrogen-bond acceptors (Lipinski definition) is 2. The maximum Gasteiger partial charge on any atom is 0.549 e. The second-order valence-electron chi connectivity index (χ2n) is 4.33. The van der Waals surface area contributed by atoms with Gasteiger partial charge in [0.2, 0.25) is 0 Å². The molecular formula is C12H15NO5PS+. The highest BCUT2D eigenvalue weighted by Gasteiger charge is 2.47. The highest BCUT2D eigenvalue weighted by molar-refractivity contribution is 8.15. The van der Waals surface area contributed by atoms with Gasteiger partial charge in [-0.2, -0.15) is 0 Å². The van der Waals surface area contributed by atoms with E-state index in [0.29, 0.717) is 16.3 Å². The SMILES string of the molecule is CCc1ccc2c(c1CC)C(=O)N([S+]=P(O)(O)O)C2=O. The van der Waals surface area contributed by atoms with Crippen molar-refractivity contribution in [3.05, 3.63) is 34.4 Å². The molecule has 108 valence electrons. The van der Waals surface area contributed by atoms with Crippen LogP contribution in [0, 0.1) is 0 Å². The molecule has 1 aliphatic heterocycles.